The van der Waals surface area contributed by atoms with Crippen molar-refractivity contribution in [3.8, 4) is 17.0 Å². The highest BCUT2D eigenvalue weighted by Gasteiger charge is 2.46. The third kappa shape index (κ3) is 5.64. The van der Waals surface area contributed by atoms with Gasteiger partial charge in [-0.1, -0.05) is 12.1 Å². The van der Waals surface area contributed by atoms with Gasteiger partial charge in [0.1, 0.15) is 17.0 Å². The van der Waals surface area contributed by atoms with Crippen LogP contribution in [0.2, 0.25) is 0 Å². The summed E-state index contributed by atoms with van der Waals surface area (Å²) in [5.41, 5.74) is 3.35. The molecule has 212 valence electrons. The maximum atomic E-state index is 12.9. The lowest BCUT2D eigenvalue weighted by molar-refractivity contribution is -0.192. The molecule has 1 amide bonds. The van der Waals surface area contributed by atoms with Crippen molar-refractivity contribution in [3.63, 3.8) is 0 Å². The van der Waals surface area contributed by atoms with E-state index >= 15 is 0 Å². The Labute approximate surface area is 228 Å². The number of carbonyl (C=O) groups is 2. The van der Waals surface area contributed by atoms with Gasteiger partial charge in [0.25, 0.3) is 5.91 Å². The average Bonchev–Trinajstić information content (AvgIpc) is 3.63. The Morgan fingerprint density at radius 3 is 2.35 bits per heavy atom. The highest BCUT2D eigenvalue weighted by Crippen LogP contribution is 2.49. The third-order valence-corrected chi connectivity index (χ3v) is 7.49. The maximum Gasteiger partial charge on any atom is 0.490 e. The number of amides is 1. The van der Waals surface area contributed by atoms with Crippen LogP contribution in [-0.2, 0) is 16.9 Å². The van der Waals surface area contributed by atoms with Gasteiger partial charge in [0.05, 0.1) is 24.6 Å². The number of fused-ring (bicyclic) bond motifs is 4. The van der Waals surface area contributed by atoms with Crippen molar-refractivity contribution in [2.75, 3.05) is 32.7 Å². The number of aliphatic carboxylic acids is 1. The SMILES string of the molecule is O=C(O)C(F)(F)F.O=C(c1cnccn1)N1CCC2(CC1)Oc1ccccc1-c1c2cnn1CCN1CCCC1. The fraction of sp³-hybridized carbons (Fsp3) is 0.444. The highest BCUT2D eigenvalue weighted by atomic mass is 19.4. The molecule has 6 rings (SSSR count). The first-order chi connectivity index (χ1) is 19.2. The van der Waals surface area contributed by atoms with Crippen LogP contribution in [0, 0.1) is 0 Å². The fourth-order valence-electron chi connectivity index (χ4n) is 5.45. The summed E-state index contributed by atoms with van der Waals surface area (Å²) in [6.07, 6.45) is 5.61. The van der Waals surface area contributed by atoms with E-state index in [1.54, 1.807) is 12.4 Å². The summed E-state index contributed by atoms with van der Waals surface area (Å²) in [5, 5.41) is 11.9. The van der Waals surface area contributed by atoms with Crippen LogP contribution in [-0.4, -0.2) is 85.4 Å². The number of carboxylic acid groups (broad SMARTS) is 1. The molecule has 0 radical (unpaired) electrons. The summed E-state index contributed by atoms with van der Waals surface area (Å²) in [7, 11) is 0. The molecule has 2 saturated heterocycles. The van der Waals surface area contributed by atoms with Crippen molar-refractivity contribution in [2.24, 2.45) is 0 Å². The summed E-state index contributed by atoms with van der Waals surface area (Å²) < 4.78 is 40.6. The lowest BCUT2D eigenvalue weighted by atomic mass is 9.81. The Morgan fingerprint density at radius 2 is 1.70 bits per heavy atom. The van der Waals surface area contributed by atoms with Gasteiger partial charge in [-0.15, -0.1) is 0 Å². The highest BCUT2D eigenvalue weighted by molar-refractivity contribution is 5.92. The molecule has 10 nitrogen and oxygen atoms in total. The second-order valence-electron chi connectivity index (χ2n) is 9.96. The molecule has 1 N–H and O–H groups in total. The first-order valence-corrected chi connectivity index (χ1v) is 13.1. The number of rotatable bonds is 4. The molecule has 0 bridgehead atoms. The van der Waals surface area contributed by atoms with Crippen molar-refractivity contribution in [1.82, 2.24) is 29.5 Å². The van der Waals surface area contributed by atoms with E-state index in [2.05, 4.69) is 37.7 Å². The number of benzene rings is 1. The minimum atomic E-state index is -5.08. The predicted octanol–water partition coefficient (Wildman–Crippen LogP) is 3.59. The van der Waals surface area contributed by atoms with Gasteiger partial charge in [-0.05, 0) is 38.1 Å². The molecule has 0 atom stereocenters. The number of piperidine rings is 1. The van der Waals surface area contributed by atoms with Crippen LogP contribution in [0.3, 0.4) is 0 Å². The van der Waals surface area contributed by atoms with Gasteiger partial charge in [-0.3, -0.25) is 14.5 Å². The zero-order valence-electron chi connectivity index (χ0n) is 21.7. The molecule has 1 spiro atoms. The number of hydrogen-bond acceptors (Lipinski definition) is 7. The van der Waals surface area contributed by atoms with Crippen molar-refractivity contribution < 1.29 is 32.6 Å². The number of carboxylic acids is 1. The van der Waals surface area contributed by atoms with Crippen molar-refractivity contribution >= 4 is 11.9 Å². The van der Waals surface area contributed by atoms with E-state index in [0.29, 0.717) is 18.8 Å². The normalized spacial score (nSPS) is 17.8. The standard InChI is InChI=1S/C25H28N6O2.C2HF3O2/c32-24(21-18-26-9-10-27-21)30-13-7-25(8-14-30)20-17-28-31(16-15-29-11-3-4-12-29)23(20)19-5-1-2-6-22(19)33-25;3-2(4,5)1(6)7/h1-2,5-6,9-10,17-18H,3-4,7-8,11-16H2;(H,6,7). The summed E-state index contributed by atoms with van der Waals surface area (Å²) in [5.74, 6) is -1.93. The molecular formula is C27H29F3N6O4. The largest absolute Gasteiger partial charge is 0.490 e. The topological polar surface area (TPSA) is 114 Å². The second-order valence-corrected chi connectivity index (χ2v) is 9.96. The lowest BCUT2D eigenvalue weighted by Crippen LogP contribution is -2.49. The lowest BCUT2D eigenvalue weighted by Gasteiger charge is -2.44. The Morgan fingerprint density at radius 1 is 1.00 bits per heavy atom. The zero-order valence-corrected chi connectivity index (χ0v) is 21.7. The Hall–Kier alpha value is -4.00. The average molecular weight is 559 g/mol. The van der Waals surface area contributed by atoms with Gasteiger partial charge >= 0.3 is 12.1 Å². The fourth-order valence-corrected chi connectivity index (χ4v) is 5.45. The quantitative estimate of drug-likeness (QED) is 0.517. The maximum absolute atomic E-state index is 12.9. The number of para-hydroxylation sites is 1. The number of halogens is 3. The van der Waals surface area contributed by atoms with Gasteiger partial charge in [-0.2, -0.15) is 18.3 Å². The Bertz CT molecular complexity index is 1350. The molecule has 3 aliphatic heterocycles. The third-order valence-electron chi connectivity index (χ3n) is 7.49. The van der Waals surface area contributed by atoms with Crippen molar-refractivity contribution in [1.29, 1.82) is 0 Å². The summed E-state index contributed by atoms with van der Waals surface area (Å²) >= 11 is 0. The van der Waals surface area contributed by atoms with Gasteiger partial charge < -0.3 is 19.6 Å². The summed E-state index contributed by atoms with van der Waals surface area (Å²) in [6.45, 7) is 5.47. The monoisotopic (exact) mass is 558 g/mol. The molecule has 13 heteroatoms. The number of carbonyl (C=O) groups excluding carboxylic acids is 1. The van der Waals surface area contributed by atoms with Gasteiger partial charge in [0.15, 0.2) is 0 Å². The molecule has 0 saturated carbocycles. The Balaban J connectivity index is 0.000000411. The molecule has 0 aliphatic carbocycles. The molecule has 40 heavy (non-hydrogen) atoms. The number of alkyl halides is 3. The minimum absolute atomic E-state index is 0.0734. The minimum Gasteiger partial charge on any atom is -0.482 e. The predicted molar refractivity (Wildman–Crippen MR) is 137 cm³/mol. The number of nitrogens with zero attached hydrogens (tertiary/aromatic N) is 6. The molecule has 1 aromatic carbocycles. The van der Waals surface area contributed by atoms with Gasteiger partial charge in [0, 0.05) is 56.0 Å². The molecule has 3 aromatic rings. The van der Waals surface area contributed by atoms with Crippen molar-refractivity contribution in [3.05, 3.63) is 60.3 Å². The van der Waals surface area contributed by atoms with E-state index in [9.17, 15) is 18.0 Å². The summed E-state index contributed by atoms with van der Waals surface area (Å²) in [4.78, 5) is 34.4. The summed E-state index contributed by atoms with van der Waals surface area (Å²) in [6, 6.07) is 8.26. The molecule has 5 heterocycles. The van der Waals surface area contributed by atoms with Crippen LogP contribution in [0.5, 0.6) is 5.75 Å². The van der Waals surface area contributed by atoms with E-state index < -0.39 is 17.7 Å². The zero-order chi connectivity index (χ0) is 28.3. The number of likely N-dealkylation sites (tertiary alicyclic amines) is 2. The Kier molecular flexibility index (Phi) is 7.74. The van der Waals surface area contributed by atoms with E-state index in [1.165, 1.54) is 37.8 Å². The van der Waals surface area contributed by atoms with Crippen LogP contribution in [0.1, 0.15) is 41.7 Å². The molecule has 0 unspecified atom stereocenters. The van der Waals surface area contributed by atoms with Crippen LogP contribution in [0.25, 0.3) is 11.3 Å². The molecular weight excluding hydrogens is 529 g/mol. The molecule has 2 fully saturated rings. The van der Waals surface area contributed by atoms with Crippen LogP contribution in [0.4, 0.5) is 13.2 Å². The van der Waals surface area contributed by atoms with E-state index in [4.69, 9.17) is 19.7 Å². The van der Waals surface area contributed by atoms with E-state index in [1.807, 2.05) is 17.2 Å². The molecule has 2 aromatic heterocycles. The number of aromatic nitrogens is 4. The van der Waals surface area contributed by atoms with Gasteiger partial charge in [0.2, 0.25) is 0 Å². The van der Waals surface area contributed by atoms with E-state index in [-0.39, 0.29) is 5.91 Å². The van der Waals surface area contributed by atoms with Crippen LogP contribution < -0.4 is 4.74 Å². The van der Waals surface area contributed by atoms with Crippen LogP contribution in [0.15, 0.2) is 49.1 Å². The first kappa shape index (κ1) is 27.6. The van der Waals surface area contributed by atoms with Crippen LogP contribution >= 0.6 is 0 Å². The number of hydrogen-bond donors (Lipinski definition) is 1. The number of ether oxygens (including phenoxy) is 1. The van der Waals surface area contributed by atoms with E-state index in [0.717, 1.165) is 42.8 Å². The molecule has 3 aliphatic rings. The smallest absolute Gasteiger partial charge is 0.482 e. The van der Waals surface area contributed by atoms with Crippen molar-refractivity contribution in [2.45, 2.75) is 44.0 Å². The second kappa shape index (κ2) is 11.2. The first-order valence-electron chi connectivity index (χ1n) is 13.1. The van der Waals surface area contributed by atoms with Gasteiger partial charge in [-0.25, -0.2) is 9.78 Å².